The van der Waals surface area contributed by atoms with Crippen molar-refractivity contribution in [3.63, 3.8) is 0 Å². The van der Waals surface area contributed by atoms with Crippen molar-refractivity contribution in [1.82, 2.24) is 0 Å². The van der Waals surface area contributed by atoms with Crippen LogP contribution in [0, 0.1) is 4.91 Å². The van der Waals surface area contributed by atoms with Gasteiger partial charge in [0.1, 0.15) is 5.75 Å². The number of nitroso groups, excluding NO2 is 1. The lowest BCUT2D eigenvalue weighted by atomic mass is 10.2. The molecule has 0 saturated heterocycles. The van der Waals surface area contributed by atoms with E-state index in [9.17, 15) is 4.91 Å². The molecule has 64 valence electrons. The highest BCUT2D eigenvalue weighted by Crippen LogP contribution is 2.25. The molecule has 0 aliphatic heterocycles. The fourth-order valence-corrected chi connectivity index (χ4v) is 0.896. The van der Waals surface area contributed by atoms with Crippen molar-refractivity contribution in [1.29, 1.82) is 0 Å². The van der Waals surface area contributed by atoms with Gasteiger partial charge in [0.2, 0.25) is 0 Å². The number of nitrogens with zero attached hydrogens (tertiary/aromatic N) is 1. The first-order valence-electron chi connectivity index (χ1n) is 3.49. The fraction of sp³-hybridized carbons (Fsp3) is 0.250. The van der Waals surface area contributed by atoms with Crippen molar-refractivity contribution in [2.75, 3.05) is 19.9 Å². The molecule has 0 heterocycles. The third kappa shape index (κ3) is 1.53. The molecule has 0 aromatic heterocycles. The van der Waals surface area contributed by atoms with Gasteiger partial charge in [-0.15, -0.1) is 0 Å². The summed E-state index contributed by atoms with van der Waals surface area (Å²) in [5, 5.41) is 0. The molecule has 0 atom stereocenters. The first-order chi connectivity index (χ1) is 5.65. The number of methoxy groups -OCH3 is 1. The molecule has 12 heavy (non-hydrogen) atoms. The summed E-state index contributed by atoms with van der Waals surface area (Å²) >= 11 is 0. The predicted molar refractivity (Wildman–Crippen MR) is 46.6 cm³/mol. The Hall–Kier alpha value is -1.58. The van der Waals surface area contributed by atoms with Crippen molar-refractivity contribution in [2.45, 2.75) is 0 Å². The van der Waals surface area contributed by atoms with Crippen LogP contribution in [0.5, 0.6) is 5.75 Å². The van der Waals surface area contributed by atoms with Crippen LogP contribution < -0.4 is 10.5 Å². The van der Waals surface area contributed by atoms with Crippen LogP contribution in [0.3, 0.4) is 0 Å². The lowest BCUT2D eigenvalue weighted by molar-refractivity contribution is -0.428. The Morgan fingerprint density at radius 1 is 1.50 bits per heavy atom. The normalized spacial score (nSPS) is 9.50. The van der Waals surface area contributed by atoms with E-state index in [-0.39, 0.29) is 0 Å². The molecule has 0 saturated carbocycles. The van der Waals surface area contributed by atoms with Gasteiger partial charge in [-0.3, -0.25) is 0 Å². The predicted octanol–water partition coefficient (Wildman–Crippen LogP) is 1.32. The number of nitrogens with two attached hydrogens (primary N) is 1. The lowest BCUT2D eigenvalue weighted by Crippen LogP contribution is -1.95. The van der Waals surface area contributed by atoms with Crippen molar-refractivity contribution in [3.8, 4) is 5.75 Å². The molecule has 1 rings (SSSR count). The Morgan fingerprint density at radius 2 is 2.17 bits per heavy atom. The van der Waals surface area contributed by atoms with Crippen LogP contribution in [-0.4, -0.2) is 18.9 Å². The van der Waals surface area contributed by atoms with Gasteiger partial charge in [0, 0.05) is 15.7 Å². The molecule has 4 heteroatoms. The van der Waals surface area contributed by atoms with E-state index in [1.54, 1.807) is 18.2 Å². The Balaban J connectivity index is 3.13. The van der Waals surface area contributed by atoms with E-state index in [1.807, 2.05) is 0 Å². The highest BCUT2D eigenvalue weighted by atomic mass is 16.5. The van der Waals surface area contributed by atoms with Crippen molar-refractivity contribution in [3.05, 3.63) is 23.1 Å². The molecule has 0 radical (unpaired) electrons. The first kappa shape index (κ1) is 8.52. The number of ether oxygens (including phenoxy) is 1. The minimum Gasteiger partial charge on any atom is -0.494 e. The summed E-state index contributed by atoms with van der Waals surface area (Å²) in [5.74, 6) is 0.523. The molecule has 0 fully saturated rings. The third-order valence-corrected chi connectivity index (χ3v) is 1.58. The molecule has 0 aliphatic rings. The van der Waals surface area contributed by atoms with Crippen molar-refractivity contribution < 1.29 is 9.50 Å². The van der Waals surface area contributed by atoms with Crippen LogP contribution in [-0.2, 0) is 0 Å². The number of rotatable bonds is 2. The first-order valence-corrected chi connectivity index (χ1v) is 3.49. The SMILES string of the molecule is COc1cc([N+](C)=O)ccc1N. The highest BCUT2D eigenvalue weighted by molar-refractivity contribution is 5.57. The number of nitrogen functional groups attached to an aromatic ring is 1. The Kier molecular flexibility index (Phi) is 2.28. The summed E-state index contributed by atoms with van der Waals surface area (Å²) in [6, 6.07) is 4.88. The smallest absolute Gasteiger partial charge is 0.259 e. The summed E-state index contributed by atoms with van der Waals surface area (Å²) in [6.45, 7) is 0. The van der Waals surface area contributed by atoms with E-state index in [0.29, 0.717) is 17.1 Å². The van der Waals surface area contributed by atoms with Gasteiger partial charge in [0.15, 0.2) is 7.05 Å². The van der Waals surface area contributed by atoms with Gasteiger partial charge in [0.25, 0.3) is 5.69 Å². The maximum atomic E-state index is 10.8. The van der Waals surface area contributed by atoms with Crippen molar-refractivity contribution in [2.24, 2.45) is 0 Å². The summed E-state index contributed by atoms with van der Waals surface area (Å²) in [5.41, 5.74) is 6.61. The van der Waals surface area contributed by atoms with Gasteiger partial charge in [-0.2, -0.15) is 0 Å². The van der Waals surface area contributed by atoms with Crippen LogP contribution in [0.2, 0.25) is 0 Å². The molecule has 1 aromatic carbocycles. The van der Waals surface area contributed by atoms with Gasteiger partial charge in [-0.05, 0) is 6.07 Å². The Bertz CT molecular complexity index is 310. The summed E-state index contributed by atoms with van der Waals surface area (Å²) in [6.07, 6.45) is 0. The van der Waals surface area contributed by atoms with E-state index in [2.05, 4.69) is 0 Å². The van der Waals surface area contributed by atoms with Gasteiger partial charge < -0.3 is 10.5 Å². The molecule has 4 nitrogen and oxygen atoms in total. The maximum Gasteiger partial charge on any atom is 0.259 e. The van der Waals surface area contributed by atoms with Crippen LogP contribution >= 0.6 is 0 Å². The molecular formula is C8H11N2O2+. The van der Waals surface area contributed by atoms with E-state index in [1.165, 1.54) is 14.2 Å². The minimum absolute atomic E-state index is 0.523. The van der Waals surface area contributed by atoms with Crippen LogP contribution in [0.25, 0.3) is 0 Å². The number of hydrogen-bond donors (Lipinski definition) is 1. The molecule has 2 N–H and O–H groups in total. The van der Waals surface area contributed by atoms with E-state index in [4.69, 9.17) is 10.5 Å². The fourth-order valence-electron chi connectivity index (χ4n) is 0.896. The number of hydrogen-bond acceptors (Lipinski definition) is 3. The largest absolute Gasteiger partial charge is 0.494 e. The molecule has 0 bridgehead atoms. The second-order valence-electron chi connectivity index (χ2n) is 2.42. The second kappa shape index (κ2) is 3.21. The van der Waals surface area contributed by atoms with Gasteiger partial charge >= 0.3 is 0 Å². The maximum absolute atomic E-state index is 10.8. The topological polar surface area (TPSA) is 55.3 Å². The standard InChI is InChI=1S/C8H11N2O2/c1-10(11)6-3-4-7(9)8(5-6)12-2/h3-5H,9H2,1-2H3/q+1. The highest BCUT2D eigenvalue weighted by Gasteiger charge is 2.09. The quantitative estimate of drug-likeness (QED) is 0.533. The van der Waals surface area contributed by atoms with Gasteiger partial charge in [0.05, 0.1) is 18.9 Å². The van der Waals surface area contributed by atoms with Crippen molar-refractivity contribution >= 4 is 11.4 Å². The Labute approximate surface area is 70.5 Å². The van der Waals surface area contributed by atoms with Crippen LogP contribution in [0.4, 0.5) is 11.4 Å². The van der Waals surface area contributed by atoms with E-state index >= 15 is 0 Å². The molecular weight excluding hydrogens is 156 g/mol. The van der Waals surface area contributed by atoms with Crippen LogP contribution in [0.1, 0.15) is 0 Å². The zero-order valence-electron chi connectivity index (χ0n) is 7.07. The molecule has 0 amide bonds. The van der Waals surface area contributed by atoms with E-state index < -0.39 is 0 Å². The lowest BCUT2D eigenvalue weighted by Gasteiger charge is -2.01. The molecule has 0 aliphatic carbocycles. The average molecular weight is 167 g/mol. The van der Waals surface area contributed by atoms with Gasteiger partial charge in [-0.25, -0.2) is 0 Å². The molecule has 1 aromatic rings. The van der Waals surface area contributed by atoms with E-state index in [0.717, 1.165) is 4.76 Å². The summed E-state index contributed by atoms with van der Waals surface area (Å²) in [7, 11) is 2.94. The number of benzene rings is 1. The van der Waals surface area contributed by atoms with Crippen LogP contribution in [0.15, 0.2) is 18.2 Å². The van der Waals surface area contributed by atoms with Gasteiger partial charge in [-0.1, -0.05) is 0 Å². The summed E-state index contributed by atoms with van der Waals surface area (Å²) in [4.78, 5) is 10.8. The number of anilines is 1. The Morgan fingerprint density at radius 3 is 2.67 bits per heavy atom. The zero-order valence-corrected chi connectivity index (χ0v) is 7.07. The monoisotopic (exact) mass is 167 g/mol. The third-order valence-electron chi connectivity index (χ3n) is 1.58. The second-order valence-corrected chi connectivity index (χ2v) is 2.42. The minimum atomic E-state index is 0.523. The zero-order chi connectivity index (χ0) is 9.14. The molecule has 0 spiro atoms. The summed E-state index contributed by atoms with van der Waals surface area (Å²) < 4.78 is 5.70. The molecule has 0 unspecified atom stereocenters. The average Bonchev–Trinajstić information content (AvgIpc) is 2.05.